The molecule has 1 aromatic carbocycles. The van der Waals surface area contributed by atoms with Gasteiger partial charge in [-0.15, -0.1) is 11.3 Å². The summed E-state index contributed by atoms with van der Waals surface area (Å²) in [7, 11) is 0. The molecule has 1 aliphatic heterocycles. The van der Waals surface area contributed by atoms with Crippen LogP contribution in [0.25, 0.3) is 0 Å². The maximum Gasteiger partial charge on any atom is 0.258 e. The molecule has 0 unspecified atom stereocenters. The van der Waals surface area contributed by atoms with Crippen LogP contribution in [-0.4, -0.2) is 52.8 Å². The lowest BCUT2D eigenvalue weighted by Gasteiger charge is -2.35. The number of piperazine rings is 1. The lowest BCUT2D eigenvalue weighted by atomic mass is 10.1. The smallest absolute Gasteiger partial charge is 0.258 e. The van der Waals surface area contributed by atoms with Gasteiger partial charge in [0, 0.05) is 31.6 Å². The van der Waals surface area contributed by atoms with Crippen LogP contribution in [0.3, 0.4) is 0 Å². The molecule has 0 aliphatic carbocycles. The number of nitrogens with zero attached hydrogens (tertiary/aromatic N) is 3. The molecule has 2 heterocycles. The summed E-state index contributed by atoms with van der Waals surface area (Å²) in [5, 5.41) is 2.91. The lowest BCUT2D eigenvalue weighted by Crippen LogP contribution is -2.51. The standard InChI is InChI=1S/C17H17ClFN3O2S/c1-11-20-12(10-25-11)9-15(23)21-5-7-22(8-6-21)17(24)16-13(18)3-2-4-14(16)19/h2-4,10H,5-9H2,1H3. The fourth-order valence-electron chi connectivity index (χ4n) is 2.78. The van der Waals surface area contributed by atoms with Gasteiger partial charge in [-0.25, -0.2) is 9.37 Å². The molecule has 1 fully saturated rings. The van der Waals surface area contributed by atoms with Crippen LogP contribution in [0.5, 0.6) is 0 Å². The average Bonchev–Trinajstić information content (AvgIpc) is 2.99. The number of aryl methyl sites for hydroxylation is 1. The molecular formula is C17H17ClFN3O2S. The van der Waals surface area contributed by atoms with Crippen LogP contribution in [0, 0.1) is 12.7 Å². The number of hydrogen-bond donors (Lipinski definition) is 0. The molecule has 132 valence electrons. The van der Waals surface area contributed by atoms with E-state index in [1.54, 1.807) is 4.90 Å². The highest BCUT2D eigenvalue weighted by molar-refractivity contribution is 7.09. The summed E-state index contributed by atoms with van der Waals surface area (Å²) in [5.41, 5.74) is 0.658. The summed E-state index contributed by atoms with van der Waals surface area (Å²) in [6, 6.07) is 4.17. The van der Waals surface area contributed by atoms with Gasteiger partial charge in [-0.2, -0.15) is 0 Å². The Morgan fingerprint density at radius 3 is 2.52 bits per heavy atom. The van der Waals surface area contributed by atoms with Crippen molar-refractivity contribution in [3.05, 3.63) is 50.7 Å². The first kappa shape index (κ1) is 17.8. The van der Waals surface area contributed by atoms with Gasteiger partial charge in [0.1, 0.15) is 5.82 Å². The highest BCUT2D eigenvalue weighted by Gasteiger charge is 2.27. The number of aromatic nitrogens is 1. The molecule has 0 saturated carbocycles. The zero-order chi connectivity index (χ0) is 18.0. The van der Waals surface area contributed by atoms with Gasteiger partial charge >= 0.3 is 0 Å². The fraction of sp³-hybridized carbons (Fsp3) is 0.353. The highest BCUT2D eigenvalue weighted by Crippen LogP contribution is 2.21. The van der Waals surface area contributed by atoms with Crippen molar-refractivity contribution >= 4 is 34.8 Å². The predicted octanol–water partition coefficient (Wildman–Crippen LogP) is 2.77. The molecule has 0 N–H and O–H groups in total. The van der Waals surface area contributed by atoms with E-state index < -0.39 is 11.7 Å². The third-order valence-corrected chi connectivity index (χ3v) is 5.23. The summed E-state index contributed by atoms with van der Waals surface area (Å²) >= 11 is 7.47. The first-order chi connectivity index (χ1) is 12.0. The first-order valence-corrected chi connectivity index (χ1v) is 9.13. The van der Waals surface area contributed by atoms with Crippen molar-refractivity contribution in [3.8, 4) is 0 Å². The Morgan fingerprint density at radius 2 is 1.92 bits per heavy atom. The molecule has 1 saturated heterocycles. The van der Waals surface area contributed by atoms with E-state index >= 15 is 0 Å². The van der Waals surface area contributed by atoms with Crippen LogP contribution in [0.1, 0.15) is 21.1 Å². The van der Waals surface area contributed by atoms with Crippen LogP contribution in [0.15, 0.2) is 23.6 Å². The quantitative estimate of drug-likeness (QED) is 0.821. The SMILES string of the molecule is Cc1nc(CC(=O)N2CCN(C(=O)c3c(F)cccc3Cl)CC2)cs1. The minimum atomic E-state index is -0.630. The number of carbonyl (C=O) groups excluding carboxylic acids is 2. The highest BCUT2D eigenvalue weighted by atomic mass is 35.5. The molecule has 2 amide bonds. The van der Waals surface area contributed by atoms with Gasteiger partial charge in [-0.05, 0) is 19.1 Å². The largest absolute Gasteiger partial charge is 0.339 e. The summed E-state index contributed by atoms with van der Waals surface area (Å²) in [6.07, 6.45) is 0.261. The molecule has 0 bridgehead atoms. The van der Waals surface area contributed by atoms with Gasteiger partial charge in [-0.1, -0.05) is 17.7 Å². The monoisotopic (exact) mass is 381 g/mol. The van der Waals surface area contributed by atoms with Crippen LogP contribution in [0.2, 0.25) is 5.02 Å². The number of rotatable bonds is 3. The minimum absolute atomic E-state index is 0.0127. The predicted molar refractivity (Wildman–Crippen MR) is 94.4 cm³/mol. The van der Waals surface area contributed by atoms with Crippen molar-refractivity contribution in [2.24, 2.45) is 0 Å². The molecule has 5 nitrogen and oxygen atoms in total. The van der Waals surface area contributed by atoms with Crippen LogP contribution >= 0.6 is 22.9 Å². The minimum Gasteiger partial charge on any atom is -0.339 e. The summed E-state index contributed by atoms with van der Waals surface area (Å²) in [6.45, 7) is 3.44. The van der Waals surface area contributed by atoms with Gasteiger partial charge in [0.05, 0.1) is 27.7 Å². The van der Waals surface area contributed by atoms with Crippen molar-refractivity contribution in [2.75, 3.05) is 26.2 Å². The molecule has 25 heavy (non-hydrogen) atoms. The molecule has 1 aliphatic rings. The molecule has 0 radical (unpaired) electrons. The van der Waals surface area contributed by atoms with E-state index in [0.717, 1.165) is 10.7 Å². The van der Waals surface area contributed by atoms with Gasteiger partial charge < -0.3 is 9.80 Å². The van der Waals surface area contributed by atoms with Crippen LogP contribution in [-0.2, 0) is 11.2 Å². The molecule has 8 heteroatoms. The first-order valence-electron chi connectivity index (χ1n) is 7.88. The summed E-state index contributed by atoms with van der Waals surface area (Å²) in [4.78, 5) is 32.4. The van der Waals surface area contributed by atoms with E-state index in [-0.39, 0.29) is 22.9 Å². The van der Waals surface area contributed by atoms with Crippen LogP contribution in [0.4, 0.5) is 4.39 Å². The maximum atomic E-state index is 13.9. The Kier molecular flexibility index (Phi) is 5.34. The molecule has 0 atom stereocenters. The van der Waals surface area contributed by atoms with Crippen molar-refractivity contribution in [3.63, 3.8) is 0 Å². The van der Waals surface area contributed by atoms with E-state index in [0.29, 0.717) is 26.2 Å². The summed E-state index contributed by atoms with van der Waals surface area (Å²) in [5.74, 6) is -1.08. The molecular weight excluding hydrogens is 365 g/mol. The van der Waals surface area contributed by atoms with E-state index in [2.05, 4.69) is 4.98 Å². The molecule has 2 aromatic rings. The van der Waals surface area contributed by atoms with Crippen LogP contribution < -0.4 is 0 Å². The third-order valence-electron chi connectivity index (χ3n) is 4.10. The van der Waals surface area contributed by atoms with Gasteiger partial charge in [0.2, 0.25) is 5.91 Å². The topological polar surface area (TPSA) is 53.5 Å². The third kappa shape index (κ3) is 3.99. The molecule has 1 aromatic heterocycles. The Hall–Kier alpha value is -1.99. The fourth-order valence-corrected chi connectivity index (χ4v) is 3.63. The molecule has 0 spiro atoms. The Morgan fingerprint density at radius 1 is 1.24 bits per heavy atom. The van der Waals surface area contributed by atoms with Crippen molar-refractivity contribution in [1.82, 2.24) is 14.8 Å². The second-order valence-corrected chi connectivity index (χ2v) is 7.27. The maximum absolute atomic E-state index is 13.9. The van der Waals surface area contributed by atoms with E-state index in [1.165, 1.54) is 34.4 Å². The van der Waals surface area contributed by atoms with Gasteiger partial charge in [-0.3, -0.25) is 9.59 Å². The second-order valence-electron chi connectivity index (χ2n) is 5.80. The van der Waals surface area contributed by atoms with E-state index in [9.17, 15) is 14.0 Å². The average molecular weight is 382 g/mol. The second kappa shape index (κ2) is 7.49. The zero-order valence-corrected chi connectivity index (χ0v) is 15.2. The van der Waals surface area contributed by atoms with Crippen molar-refractivity contribution in [2.45, 2.75) is 13.3 Å². The van der Waals surface area contributed by atoms with Gasteiger partial charge in [0.15, 0.2) is 0 Å². The number of carbonyl (C=O) groups is 2. The normalized spacial score (nSPS) is 14.7. The number of hydrogen-bond acceptors (Lipinski definition) is 4. The number of halogens is 2. The van der Waals surface area contributed by atoms with Crippen molar-refractivity contribution < 1.29 is 14.0 Å². The zero-order valence-electron chi connectivity index (χ0n) is 13.7. The Labute approximate surface area is 154 Å². The van der Waals surface area contributed by atoms with Gasteiger partial charge in [0.25, 0.3) is 5.91 Å². The van der Waals surface area contributed by atoms with Crippen molar-refractivity contribution in [1.29, 1.82) is 0 Å². The van der Waals surface area contributed by atoms with E-state index in [1.807, 2.05) is 12.3 Å². The lowest BCUT2D eigenvalue weighted by molar-refractivity contribution is -0.132. The Balaban J connectivity index is 1.60. The van der Waals surface area contributed by atoms with E-state index in [4.69, 9.17) is 11.6 Å². The number of amides is 2. The summed E-state index contributed by atoms with van der Waals surface area (Å²) < 4.78 is 13.9. The Bertz CT molecular complexity index is 783. The number of benzene rings is 1. The molecule has 3 rings (SSSR count). The number of thiazole rings is 1.